The molecular weight excluding hydrogens is 433 g/mol. The first-order chi connectivity index (χ1) is 14.6. The van der Waals surface area contributed by atoms with Crippen molar-refractivity contribution < 1.29 is 4.68 Å². The molecule has 0 fully saturated rings. The first-order valence-electron chi connectivity index (χ1n) is 9.88. The summed E-state index contributed by atoms with van der Waals surface area (Å²) in [6.07, 6.45) is 1.49. The number of H-pyrrole nitrogens is 1. The zero-order valence-corrected chi connectivity index (χ0v) is 20.0. The van der Waals surface area contributed by atoms with Crippen molar-refractivity contribution in [1.82, 2.24) is 20.0 Å². The average Bonchev–Trinajstić information content (AvgIpc) is 2.97. The Bertz CT molecular complexity index is 1170. The van der Waals surface area contributed by atoms with Crippen molar-refractivity contribution in [1.29, 1.82) is 5.26 Å². The Labute approximate surface area is 192 Å². The Kier molecular flexibility index (Phi) is 6.73. The van der Waals surface area contributed by atoms with Crippen LogP contribution in [-0.4, -0.2) is 34.1 Å². The maximum absolute atomic E-state index is 9.39. The molecule has 3 heterocycles. The molecule has 0 aliphatic heterocycles. The van der Waals surface area contributed by atoms with Crippen molar-refractivity contribution in [3.63, 3.8) is 0 Å². The van der Waals surface area contributed by atoms with Gasteiger partial charge < -0.3 is 9.80 Å². The highest BCUT2D eigenvalue weighted by molar-refractivity contribution is 6.32. The molecule has 0 amide bonds. The van der Waals surface area contributed by atoms with Crippen molar-refractivity contribution in [2.45, 2.75) is 33.2 Å². The Morgan fingerprint density at radius 1 is 1.23 bits per heavy atom. The molecule has 0 aliphatic carbocycles. The highest BCUT2D eigenvalue weighted by atomic mass is 35.5. The largest absolute Gasteiger partial charge is 0.352 e. The molecule has 0 saturated heterocycles. The number of allylic oxidation sites excluding steroid dienone is 1. The standard InChI is InChI=1S/C22H25Cl2N7/c1-13(2)17-9-15(26-22-21(17)14(3)28-31(22)6)12-29(4)20(7-8-25)30(5)16-10-18(23)27-19(24)11-16/h7,9-11,13H,12H2,1-6H3/p+1/b20-7-. The quantitative estimate of drug-likeness (QED) is 0.335. The Morgan fingerprint density at radius 2 is 1.87 bits per heavy atom. The van der Waals surface area contributed by atoms with Crippen LogP contribution in [0.15, 0.2) is 30.1 Å². The smallest absolute Gasteiger partial charge is 0.350 e. The number of aromatic nitrogens is 4. The zero-order valence-electron chi connectivity index (χ0n) is 18.5. The number of nitrogens with one attached hydrogen (secondary N) is 1. The number of fused-ring (bicyclic) bond motifs is 1. The molecule has 0 unspecified atom stereocenters. The van der Waals surface area contributed by atoms with Crippen LogP contribution in [0.4, 0.5) is 5.69 Å². The maximum Gasteiger partial charge on any atom is 0.350 e. The van der Waals surface area contributed by atoms with E-state index < -0.39 is 0 Å². The van der Waals surface area contributed by atoms with Crippen LogP contribution in [0.1, 0.15) is 36.7 Å². The molecule has 1 N–H and O–H groups in total. The van der Waals surface area contributed by atoms with Gasteiger partial charge in [0.05, 0.1) is 29.8 Å². The first kappa shape index (κ1) is 22.9. The van der Waals surface area contributed by atoms with Gasteiger partial charge in [0, 0.05) is 19.8 Å². The molecule has 0 radical (unpaired) electrons. The van der Waals surface area contributed by atoms with Gasteiger partial charge in [0.1, 0.15) is 23.2 Å². The number of rotatable bonds is 6. The van der Waals surface area contributed by atoms with Crippen molar-refractivity contribution in [3.8, 4) is 6.07 Å². The lowest BCUT2D eigenvalue weighted by atomic mass is 9.99. The van der Waals surface area contributed by atoms with Crippen molar-refractivity contribution >= 4 is 39.9 Å². The van der Waals surface area contributed by atoms with Gasteiger partial charge in [-0.25, -0.2) is 10.1 Å². The fourth-order valence-corrected chi connectivity index (χ4v) is 4.20. The summed E-state index contributed by atoms with van der Waals surface area (Å²) in [7, 11) is 5.74. The van der Waals surface area contributed by atoms with Crippen molar-refractivity contribution in [2.24, 2.45) is 7.05 Å². The van der Waals surface area contributed by atoms with Crippen LogP contribution in [-0.2, 0) is 13.6 Å². The normalized spacial score (nSPS) is 11.8. The van der Waals surface area contributed by atoms with Crippen LogP contribution < -0.4 is 9.58 Å². The minimum absolute atomic E-state index is 0.289. The molecule has 0 bridgehead atoms. The molecular formula is C22H26Cl2N7+. The van der Waals surface area contributed by atoms with E-state index in [0.717, 1.165) is 28.1 Å². The molecule has 31 heavy (non-hydrogen) atoms. The van der Waals surface area contributed by atoms with Gasteiger partial charge in [0.15, 0.2) is 5.69 Å². The van der Waals surface area contributed by atoms with Gasteiger partial charge in [0.25, 0.3) is 0 Å². The lowest BCUT2D eigenvalue weighted by Gasteiger charge is -2.29. The summed E-state index contributed by atoms with van der Waals surface area (Å²) in [4.78, 5) is 12.7. The second-order valence-corrected chi connectivity index (χ2v) is 8.64. The molecule has 3 aromatic heterocycles. The molecule has 0 atom stereocenters. The molecule has 0 aliphatic rings. The number of hydrogen-bond donors (Lipinski definition) is 1. The van der Waals surface area contributed by atoms with Crippen LogP contribution in [0.5, 0.6) is 0 Å². The van der Waals surface area contributed by atoms with E-state index in [-0.39, 0.29) is 10.3 Å². The van der Waals surface area contributed by atoms with E-state index in [0.29, 0.717) is 18.3 Å². The van der Waals surface area contributed by atoms with Crippen LogP contribution in [0.25, 0.3) is 11.0 Å². The van der Waals surface area contributed by atoms with E-state index in [2.05, 4.69) is 43.0 Å². The van der Waals surface area contributed by atoms with E-state index in [1.54, 1.807) is 12.1 Å². The summed E-state index contributed by atoms with van der Waals surface area (Å²) in [5, 5.41) is 14.5. The number of aromatic amines is 1. The molecule has 3 rings (SSSR count). The topological polar surface area (TPSA) is 75.7 Å². The van der Waals surface area contributed by atoms with E-state index in [4.69, 9.17) is 28.2 Å². The van der Waals surface area contributed by atoms with Gasteiger partial charge in [-0.2, -0.15) is 9.94 Å². The number of pyridine rings is 2. The lowest BCUT2D eigenvalue weighted by Crippen LogP contribution is -2.32. The third-order valence-electron chi connectivity index (χ3n) is 5.20. The molecule has 9 heteroatoms. The number of anilines is 1. The third-order valence-corrected chi connectivity index (χ3v) is 5.58. The third kappa shape index (κ3) is 4.76. The van der Waals surface area contributed by atoms with Gasteiger partial charge in [-0.3, -0.25) is 0 Å². The summed E-state index contributed by atoms with van der Waals surface area (Å²) < 4.78 is 1.94. The summed E-state index contributed by atoms with van der Waals surface area (Å²) >= 11 is 12.1. The zero-order chi connectivity index (χ0) is 22.9. The Hall–Kier alpha value is -2.82. The van der Waals surface area contributed by atoms with Crippen LogP contribution in [0.2, 0.25) is 10.3 Å². The minimum atomic E-state index is 0.289. The maximum atomic E-state index is 9.39. The van der Waals surface area contributed by atoms with Gasteiger partial charge in [0.2, 0.25) is 0 Å². The lowest BCUT2D eigenvalue weighted by molar-refractivity contribution is -0.705. The van der Waals surface area contributed by atoms with E-state index in [1.807, 2.05) is 35.6 Å². The summed E-state index contributed by atoms with van der Waals surface area (Å²) in [5.41, 5.74) is 4.91. The molecule has 0 aromatic carbocycles. The highest BCUT2D eigenvalue weighted by Crippen LogP contribution is 2.28. The number of nitriles is 1. The fourth-order valence-electron chi connectivity index (χ4n) is 3.75. The first-order valence-corrected chi connectivity index (χ1v) is 10.6. The molecule has 7 nitrogen and oxygen atoms in total. The van der Waals surface area contributed by atoms with Crippen LogP contribution in [0.3, 0.4) is 0 Å². The van der Waals surface area contributed by atoms with Gasteiger partial charge in [-0.1, -0.05) is 37.0 Å². The molecule has 162 valence electrons. The monoisotopic (exact) mass is 458 g/mol. The molecule has 0 spiro atoms. The van der Waals surface area contributed by atoms with Gasteiger partial charge >= 0.3 is 5.65 Å². The highest BCUT2D eigenvalue weighted by Gasteiger charge is 2.23. The van der Waals surface area contributed by atoms with Crippen molar-refractivity contribution in [2.75, 3.05) is 19.0 Å². The number of nitrogens with zero attached hydrogens (tertiary/aromatic N) is 6. The predicted molar refractivity (Wildman–Crippen MR) is 124 cm³/mol. The predicted octanol–water partition coefficient (Wildman–Crippen LogP) is 4.45. The van der Waals surface area contributed by atoms with E-state index >= 15 is 0 Å². The molecule has 0 saturated carbocycles. The summed E-state index contributed by atoms with van der Waals surface area (Å²) in [6, 6.07) is 7.69. The average molecular weight is 459 g/mol. The summed E-state index contributed by atoms with van der Waals surface area (Å²) in [5.74, 6) is 1.03. The summed E-state index contributed by atoms with van der Waals surface area (Å²) in [6.45, 7) is 6.94. The minimum Gasteiger partial charge on any atom is -0.352 e. The number of hydrogen-bond acceptors (Lipinski definition) is 5. The second-order valence-electron chi connectivity index (χ2n) is 7.87. The van der Waals surface area contributed by atoms with Gasteiger partial charge in [-0.15, -0.1) is 0 Å². The van der Waals surface area contributed by atoms with E-state index in [1.165, 1.54) is 11.6 Å². The molecule has 3 aromatic rings. The fraction of sp³-hybridized carbons (Fsp3) is 0.364. The SMILES string of the molecule is Cc1[nH][n+](C)c2nc(CN(C)/C(=C/C#N)N(C)c3cc(Cl)nc(Cl)c3)cc(C(C)C)c12. The van der Waals surface area contributed by atoms with Crippen LogP contribution >= 0.6 is 23.2 Å². The second kappa shape index (κ2) is 9.13. The Balaban J connectivity index is 1.99. The van der Waals surface area contributed by atoms with Gasteiger partial charge in [-0.05, 0) is 41.6 Å². The van der Waals surface area contributed by atoms with Crippen molar-refractivity contribution in [3.05, 3.63) is 57.4 Å². The number of aryl methyl sites for hydroxylation is 2. The Morgan fingerprint density at radius 3 is 2.45 bits per heavy atom. The number of halogens is 2. The van der Waals surface area contributed by atoms with E-state index in [9.17, 15) is 5.26 Å². The van der Waals surface area contributed by atoms with Crippen LogP contribution in [0, 0.1) is 18.3 Å².